The van der Waals surface area contributed by atoms with Crippen molar-refractivity contribution in [1.82, 2.24) is 25.0 Å². The topological polar surface area (TPSA) is 89.1 Å². The van der Waals surface area contributed by atoms with E-state index in [0.717, 1.165) is 56.0 Å². The van der Waals surface area contributed by atoms with Gasteiger partial charge in [-0.3, -0.25) is 4.90 Å². The summed E-state index contributed by atoms with van der Waals surface area (Å²) in [6, 6.07) is 7.66. The fourth-order valence-electron chi connectivity index (χ4n) is 3.75. The normalized spacial score (nSPS) is 19.6. The maximum absolute atomic E-state index is 12.0. The zero-order chi connectivity index (χ0) is 18.2. The zero-order valence-corrected chi connectivity index (χ0v) is 14.8. The van der Waals surface area contributed by atoms with E-state index in [2.05, 4.69) is 25.0 Å². The fraction of sp³-hybridized carbons (Fsp3) is 0.368. The Morgan fingerprint density at radius 2 is 2.11 bits per heavy atom. The standard InChI is InChI=1S/C19H20N6O2/c26-19-21-8-1-10-25(19)15-5-2-13(3-6-15)17-22-18(27-23-17)14-4-7-16-20-9-11-24(16)12-14/h2-3,5-6,9,11,14H,1,4,7-8,10,12H2,(H,21,26). The monoisotopic (exact) mass is 364 g/mol. The number of nitrogens with zero attached hydrogens (tertiary/aromatic N) is 5. The predicted octanol–water partition coefficient (Wildman–Crippen LogP) is 2.58. The van der Waals surface area contributed by atoms with Crippen LogP contribution in [-0.4, -0.2) is 38.8 Å². The molecule has 2 aliphatic rings. The maximum Gasteiger partial charge on any atom is 0.321 e. The fourth-order valence-corrected chi connectivity index (χ4v) is 3.75. The molecule has 1 aromatic carbocycles. The Bertz CT molecular complexity index is 961. The number of carbonyl (C=O) groups excluding carboxylic acids is 1. The summed E-state index contributed by atoms with van der Waals surface area (Å²) in [6.45, 7) is 2.29. The third-order valence-corrected chi connectivity index (χ3v) is 5.24. The van der Waals surface area contributed by atoms with E-state index in [9.17, 15) is 4.79 Å². The second-order valence-electron chi connectivity index (χ2n) is 6.97. The number of carbonyl (C=O) groups is 1. The molecule has 3 aromatic rings. The van der Waals surface area contributed by atoms with Gasteiger partial charge >= 0.3 is 6.03 Å². The van der Waals surface area contributed by atoms with Gasteiger partial charge in [0.05, 0.1) is 5.92 Å². The molecule has 2 amide bonds. The van der Waals surface area contributed by atoms with E-state index in [4.69, 9.17) is 4.52 Å². The summed E-state index contributed by atoms with van der Waals surface area (Å²) >= 11 is 0. The summed E-state index contributed by atoms with van der Waals surface area (Å²) in [5, 5.41) is 7.02. The number of hydrogen-bond acceptors (Lipinski definition) is 5. The lowest BCUT2D eigenvalue weighted by Crippen LogP contribution is -2.46. The SMILES string of the molecule is O=C1NCCCN1c1ccc(-c2noc(C3CCc4nccn4C3)n2)cc1. The van der Waals surface area contributed by atoms with Crippen molar-refractivity contribution < 1.29 is 9.32 Å². The van der Waals surface area contributed by atoms with E-state index >= 15 is 0 Å². The number of rotatable bonds is 3. The summed E-state index contributed by atoms with van der Waals surface area (Å²) < 4.78 is 7.69. The van der Waals surface area contributed by atoms with Gasteiger partial charge < -0.3 is 14.4 Å². The van der Waals surface area contributed by atoms with Crippen LogP contribution in [0.4, 0.5) is 10.5 Å². The molecule has 0 saturated carbocycles. The predicted molar refractivity (Wildman–Crippen MR) is 98.4 cm³/mol. The van der Waals surface area contributed by atoms with Crippen molar-refractivity contribution in [2.45, 2.75) is 31.7 Å². The van der Waals surface area contributed by atoms with Crippen molar-refractivity contribution in [2.24, 2.45) is 0 Å². The first-order chi connectivity index (χ1) is 13.3. The summed E-state index contributed by atoms with van der Waals surface area (Å²) in [5.74, 6) is 2.58. The molecular formula is C19H20N6O2. The van der Waals surface area contributed by atoms with Crippen LogP contribution in [0.25, 0.3) is 11.4 Å². The number of hydrogen-bond donors (Lipinski definition) is 1. The van der Waals surface area contributed by atoms with Gasteiger partial charge in [-0.2, -0.15) is 4.98 Å². The molecule has 1 saturated heterocycles. The van der Waals surface area contributed by atoms with E-state index in [1.807, 2.05) is 36.7 Å². The number of fused-ring (bicyclic) bond motifs is 1. The Morgan fingerprint density at radius 1 is 1.22 bits per heavy atom. The molecular weight excluding hydrogens is 344 g/mol. The molecule has 138 valence electrons. The Hall–Kier alpha value is -3.16. The first-order valence-electron chi connectivity index (χ1n) is 9.27. The number of imidazole rings is 1. The summed E-state index contributed by atoms with van der Waals surface area (Å²) in [5.41, 5.74) is 1.75. The van der Waals surface area contributed by atoms with Crippen LogP contribution in [0.5, 0.6) is 0 Å². The molecule has 8 heteroatoms. The molecule has 0 radical (unpaired) electrons. The van der Waals surface area contributed by atoms with Crippen molar-refractivity contribution in [3.8, 4) is 11.4 Å². The molecule has 5 rings (SSSR count). The van der Waals surface area contributed by atoms with Crippen LogP contribution in [-0.2, 0) is 13.0 Å². The molecule has 0 bridgehead atoms. The van der Waals surface area contributed by atoms with Gasteiger partial charge in [0.1, 0.15) is 5.82 Å². The minimum absolute atomic E-state index is 0.0491. The van der Waals surface area contributed by atoms with Crippen LogP contribution < -0.4 is 10.2 Å². The first kappa shape index (κ1) is 16.0. The van der Waals surface area contributed by atoms with Gasteiger partial charge in [-0.05, 0) is 37.1 Å². The van der Waals surface area contributed by atoms with Gasteiger partial charge in [-0.25, -0.2) is 9.78 Å². The minimum atomic E-state index is -0.0491. The maximum atomic E-state index is 12.0. The van der Waals surface area contributed by atoms with E-state index in [1.54, 1.807) is 4.90 Å². The first-order valence-corrected chi connectivity index (χ1v) is 9.27. The number of amides is 2. The Labute approximate surface area is 156 Å². The number of aryl methyl sites for hydroxylation is 1. The quantitative estimate of drug-likeness (QED) is 0.772. The van der Waals surface area contributed by atoms with Gasteiger partial charge in [0, 0.05) is 49.7 Å². The van der Waals surface area contributed by atoms with Gasteiger partial charge in [0.25, 0.3) is 0 Å². The van der Waals surface area contributed by atoms with Crippen LogP contribution in [0, 0.1) is 0 Å². The van der Waals surface area contributed by atoms with Crippen LogP contribution in [0.15, 0.2) is 41.2 Å². The molecule has 2 aromatic heterocycles. The van der Waals surface area contributed by atoms with Gasteiger partial charge in [-0.15, -0.1) is 0 Å². The average molecular weight is 364 g/mol. The Kier molecular flexibility index (Phi) is 3.88. The van der Waals surface area contributed by atoms with Crippen LogP contribution in [0.3, 0.4) is 0 Å². The second kappa shape index (κ2) is 6.53. The molecule has 0 spiro atoms. The van der Waals surface area contributed by atoms with Gasteiger partial charge in [0.15, 0.2) is 0 Å². The van der Waals surface area contributed by atoms with Crippen LogP contribution >= 0.6 is 0 Å². The van der Waals surface area contributed by atoms with Crippen molar-refractivity contribution in [1.29, 1.82) is 0 Å². The molecule has 8 nitrogen and oxygen atoms in total. The molecule has 1 atom stereocenters. The molecule has 1 fully saturated rings. The minimum Gasteiger partial charge on any atom is -0.339 e. The highest BCUT2D eigenvalue weighted by Crippen LogP contribution is 2.29. The lowest BCUT2D eigenvalue weighted by Gasteiger charge is -2.27. The highest BCUT2D eigenvalue weighted by atomic mass is 16.5. The van der Waals surface area contributed by atoms with E-state index in [0.29, 0.717) is 11.7 Å². The van der Waals surface area contributed by atoms with Crippen LogP contribution in [0.2, 0.25) is 0 Å². The van der Waals surface area contributed by atoms with Crippen molar-refractivity contribution in [3.05, 3.63) is 48.4 Å². The summed E-state index contributed by atoms with van der Waals surface area (Å²) in [6.07, 6.45) is 6.65. The highest BCUT2D eigenvalue weighted by Gasteiger charge is 2.25. The zero-order valence-electron chi connectivity index (χ0n) is 14.8. The molecule has 4 heterocycles. The van der Waals surface area contributed by atoms with E-state index in [-0.39, 0.29) is 11.9 Å². The molecule has 2 aliphatic heterocycles. The van der Waals surface area contributed by atoms with Gasteiger partial charge in [-0.1, -0.05) is 5.16 Å². The highest BCUT2D eigenvalue weighted by molar-refractivity contribution is 5.92. The average Bonchev–Trinajstić information content (AvgIpc) is 3.37. The second-order valence-corrected chi connectivity index (χ2v) is 6.97. The Morgan fingerprint density at radius 3 is 2.96 bits per heavy atom. The number of nitrogens with one attached hydrogen (secondary N) is 1. The van der Waals surface area contributed by atoms with Crippen LogP contribution in [0.1, 0.15) is 30.5 Å². The molecule has 1 N–H and O–H groups in total. The number of anilines is 1. The van der Waals surface area contributed by atoms with Crippen molar-refractivity contribution in [2.75, 3.05) is 18.0 Å². The summed E-state index contributed by atoms with van der Waals surface area (Å²) in [4.78, 5) is 22.7. The summed E-state index contributed by atoms with van der Waals surface area (Å²) in [7, 11) is 0. The largest absolute Gasteiger partial charge is 0.339 e. The van der Waals surface area contributed by atoms with Gasteiger partial charge in [0.2, 0.25) is 11.7 Å². The molecule has 1 unspecified atom stereocenters. The third-order valence-electron chi connectivity index (χ3n) is 5.24. The van der Waals surface area contributed by atoms with Crippen molar-refractivity contribution in [3.63, 3.8) is 0 Å². The van der Waals surface area contributed by atoms with E-state index in [1.165, 1.54) is 0 Å². The number of aromatic nitrogens is 4. The molecule has 27 heavy (non-hydrogen) atoms. The lowest BCUT2D eigenvalue weighted by molar-refractivity contribution is 0.243. The third kappa shape index (κ3) is 2.97. The lowest BCUT2D eigenvalue weighted by atomic mass is 9.99. The number of urea groups is 1. The van der Waals surface area contributed by atoms with E-state index < -0.39 is 0 Å². The Balaban J connectivity index is 1.33. The smallest absolute Gasteiger partial charge is 0.321 e. The van der Waals surface area contributed by atoms with Crippen molar-refractivity contribution >= 4 is 11.7 Å². The number of benzene rings is 1. The molecule has 0 aliphatic carbocycles.